The van der Waals surface area contributed by atoms with E-state index in [4.69, 9.17) is 12.2 Å². The highest BCUT2D eigenvalue weighted by Gasteiger charge is 2.35. The quantitative estimate of drug-likeness (QED) is 0.520. The minimum atomic E-state index is -0.484. The Morgan fingerprint density at radius 1 is 1.28 bits per heavy atom. The van der Waals surface area contributed by atoms with Crippen molar-refractivity contribution in [2.45, 2.75) is 26.3 Å². The Bertz CT molecular complexity index is 857. The largest absolute Gasteiger partial charge is 0.298 e. The summed E-state index contributed by atoms with van der Waals surface area (Å²) >= 11 is 5.14. The number of aromatic nitrogens is 2. The van der Waals surface area contributed by atoms with E-state index < -0.39 is 5.91 Å². The van der Waals surface area contributed by atoms with Gasteiger partial charge in [0.2, 0.25) is 0 Å². The first-order valence-electron chi connectivity index (χ1n) is 8.02. The fraction of sp³-hybridized carbons (Fsp3) is 0.222. The summed E-state index contributed by atoms with van der Waals surface area (Å²) in [7, 11) is 0. The van der Waals surface area contributed by atoms with Gasteiger partial charge in [-0.15, -0.1) is 0 Å². The summed E-state index contributed by atoms with van der Waals surface area (Å²) in [5, 5.41) is 7.02. The van der Waals surface area contributed by atoms with Crippen LogP contribution in [0.4, 0.5) is 0 Å². The Morgan fingerprint density at radius 3 is 2.68 bits per heavy atom. The first-order valence-corrected chi connectivity index (χ1v) is 8.42. The molecule has 0 saturated carbocycles. The molecule has 128 valence electrons. The number of carbonyl (C=O) groups excluding carboxylic acids is 2. The van der Waals surface area contributed by atoms with Gasteiger partial charge in [-0.25, -0.2) is 4.68 Å². The number of nitrogens with one attached hydrogen (secondary N) is 1. The first kappa shape index (κ1) is 17.0. The molecule has 0 aliphatic carbocycles. The number of rotatable bonds is 4. The van der Waals surface area contributed by atoms with Gasteiger partial charge in [0.05, 0.1) is 11.9 Å². The number of para-hydroxylation sites is 1. The summed E-state index contributed by atoms with van der Waals surface area (Å²) < 4.78 is 1.69. The third kappa shape index (κ3) is 3.36. The van der Waals surface area contributed by atoms with Crippen LogP contribution in [0.5, 0.6) is 0 Å². The van der Waals surface area contributed by atoms with Crippen LogP contribution in [-0.4, -0.2) is 37.6 Å². The molecule has 1 aromatic heterocycles. The molecule has 1 fully saturated rings. The standard InChI is InChI=1S/C18H18N4O2S/c1-3-12(2)22-17(24)15(16(23)20-18(22)25)9-13-10-19-21(11-13)14-7-5-4-6-8-14/h4-12H,3H2,1-2H3,(H,20,23,25)/t12-/m1/s1. The number of amides is 2. The van der Waals surface area contributed by atoms with Gasteiger partial charge in [-0.05, 0) is 43.8 Å². The van der Waals surface area contributed by atoms with E-state index in [1.807, 2.05) is 44.2 Å². The molecule has 25 heavy (non-hydrogen) atoms. The topological polar surface area (TPSA) is 67.2 Å². The molecule has 2 aromatic rings. The van der Waals surface area contributed by atoms with E-state index in [0.29, 0.717) is 5.56 Å². The fourth-order valence-electron chi connectivity index (χ4n) is 2.55. The number of carbonyl (C=O) groups is 2. The van der Waals surface area contributed by atoms with Crippen LogP contribution < -0.4 is 5.32 Å². The summed E-state index contributed by atoms with van der Waals surface area (Å²) in [5.74, 6) is -0.863. The molecule has 0 unspecified atom stereocenters. The molecule has 0 spiro atoms. The van der Waals surface area contributed by atoms with E-state index in [1.165, 1.54) is 4.90 Å². The molecule has 1 N–H and O–H groups in total. The zero-order valence-electron chi connectivity index (χ0n) is 14.0. The van der Waals surface area contributed by atoms with Crippen LogP contribution >= 0.6 is 12.2 Å². The molecule has 0 bridgehead atoms. The Balaban J connectivity index is 1.92. The van der Waals surface area contributed by atoms with Gasteiger partial charge in [0.1, 0.15) is 5.57 Å². The first-order chi connectivity index (χ1) is 12.0. The molecule has 1 aliphatic heterocycles. The van der Waals surface area contributed by atoms with Gasteiger partial charge in [0, 0.05) is 17.8 Å². The Hall–Kier alpha value is -2.80. The summed E-state index contributed by atoms with van der Waals surface area (Å²) in [6, 6.07) is 9.51. The molecule has 0 radical (unpaired) electrons. The van der Waals surface area contributed by atoms with E-state index >= 15 is 0 Å². The van der Waals surface area contributed by atoms with Crippen LogP contribution in [0.25, 0.3) is 11.8 Å². The highest BCUT2D eigenvalue weighted by atomic mass is 32.1. The number of benzene rings is 1. The molecule has 3 rings (SSSR count). The normalized spacial score (nSPS) is 17.8. The maximum absolute atomic E-state index is 12.7. The van der Waals surface area contributed by atoms with Gasteiger partial charge in [-0.3, -0.25) is 19.8 Å². The third-order valence-electron chi connectivity index (χ3n) is 4.10. The number of hydrogen-bond donors (Lipinski definition) is 1. The molecule has 1 saturated heterocycles. The molecule has 1 aliphatic rings. The predicted molar refractivity (Wildman–Crippen MR) is 98.9 cm³/mol. The van der Waals surface area contributed by atoms with Crippen molar-refractivity contribution in [3.05, 3.63) is 53.9 Å². The maximum atomic E-state index is 12.7. The minimum absolute atomic E-state index is 0.0570. The lowest BCUT2D eigenvalue weighted by atomic mass is 10.1. The van der Waals surface area contributed by atoms with Gasteiger partial charge in [-0.1, -0.05) is 25.1 Å². The number of thiocarbonyl (C=S) groups is 1. The predicted octanol–water partition coefficient (Wildman–Crippen LogP) is 2.30. The second-order valence-electron chi connectivity index (χ2n) is 5.80. The zero-order valence-corrected chi connectivity index (χ0v) is 14.8. The lowest BCUT2D eigenvalue weighted by Gasteiger charge is -2.33. The second-order valence-corrected chi connectivity index (χ2v) is 6.19. The van der Waals surface area contributed by atoms with E-state index in [1.54, 1.807) is 23.2 Å². The maximum Gasteiger partial charge on any atom is 0.265 e. The average Bonchev–Trinajstić information content (AvgIpc) is 3.07. The van der Waals surface area contributed by atoms with Crippen LogP contribution in [0.15, 0.2) is 48.3 Å². The van der Waals surface area contributed by atoms with Gasteiger partial charge < -0.3 is 0 Å². The summed E-state index contributed by atoms with van der Waals surface area (Å²) in [6.45, 7) is 3.86. The van der Waals surface area contributed by atoms with Gasteiger partial charge in [-0.2, -0.15) is 5.10 Å². The van der Waals surface area contributed by atoms with Crippen molar-refractivity contribution in [2.75, 3.05) is 0 Å². The van der Waals surface area contributed by atoms with E-state index in [0.717, 1.165) is 12.1 Å². The zero-order chi connectivity index (χ0) is 18.0. The highest BCUT2D eigenvalue weighted by molar-refractivity contribution is 7.80. The van der Waals surface area contributed by atoms with Crippen molar-refractivity contribution >= 4 is 35.2 Å². The van der Waals surface area contributed by atoms with Crippen molar-refractivity contribution in [1.29, 1.82) is 0 Å². The van der Waals surface area contributed by atoms with Crippen LogP contribution in [0.1, 0.15) is 25.8 Å². The Kier molecular flexibility index (Phi) is 4.76. The van der Waals surface area contributed by atoms with Crippen LogP contribution in [0.3, 0.4) is 0 Å². The summed E-state index contributed by atoms with van der Waals surface area (Å²) in [6.07, 6.45) is 5.66. The highest BCUT2D eigenvalue weighted by Crippen LogP contribution is 2.18. The molecular weight excluding hydrogens is 336 g/mol. The summed E-state index contributed by atoms with van der Waals surface area (Å²) in [5.41, 5.74) is 1.62. The molecule has 6 nitrogen and oxygen atoms in total. The van der Waals surface area contributed by atoms with Crippen LogP contribution in [-0.2, 0) is 9.59 Å². The van der Waals surface area contributed by atoms with Gasteiger partial charge in [0.15, 0.2) is 5.11 Å². The molecule has 2 amide bonds. The molecule has 1 aromatic carbocycles. The van der Waals surface area contributed by atoms with Gasteiger partial charge in [0.25, 0.3) is 11.8 Å². The molecule has 7 heteroatoms. The van der Waals surface area contributed by atoms with E-state index in [9.17, 15) is 9.59 Å². The van der Waals surface area contributed by atoms with Crippen molar-refractivity contribution in [2.24, 2.45) is 0 Å². The average molecular weight is 354 g/mol. The molecule has 2 heterocycles. The number of hydrogen-bond acceptors (Lipinski definition) is 4. The van der Waals surface area contributed by atoms with Gasteiger partial charge >= 0.3 is 0 Å². The smallest absolute Gasteiger partial charge is 0.265 e. The van der Waals surface area contributed by atoms with Crippen LogP contribution in [0.2, 0.25) is 0 Å². The fourth-order valence-corrected chi connectivity index (χ4v) is 2.91. The molecular formula is C18H18N4O2S. The van der Waals surface area contributed by atoms with Crippen LogP contribution in [0, 0.1) is 0 Å². The summed E-state index contributed by atoms with van der Waals surface area (Å²) in [4.78, 5) is 26.4. The SMILES string of the molecule is CC[C@@H](C)N1C(=O)C(=Cc2cnn(-c3ccccc3)c2)C(=O)NC1=S. The van der Waals surface area contributed by atoms with Crippen molar-refractivity contribution in [1.82, 2.24) is 20.0 Å². The Morgan fingerprint density at radius 2 is 2.00 bits per heavy atom. The van der Waals surface area contributed by atoms with E-state index in [-0.39, 0.29) is 22.6 Å². The third-order valence-corrected chi connectivity index (χ3v) is 4.40. The van der Waals surface area contributed by atoms with Crippen molar-refractivity contribution < 1.29 is 9.59 Å². The lowest BCUT2D eigenvalue weighted by molar-refractivity contribution is -0.130. The van der Waals surface area contributed by atoms with E-state index in [2.05, 4.69) is 10.4 Å². The van der Waals surface area contributed by atoms with Crippen molar-refractivity contribution in [3.63, 3.8) is 0 Å². The molecule has 1 atom stereocenters. The monoisotopic (exact) mass is 354 g/mol. The minimum Gasteiger partial charge on any atom is -0.298 e. The van der Waals surface area contributed by atoms with Crippen molar-refractivity contribution in [3.8, 4) is 5.69 Å². The Labute approximate surface area is 151 Å². The number of nitrogens with zero attached hydrogens (tertiary/aromatic N) is 3. The second kappa shape index (κ2) is 6.98. The lowest BCUT2D eigenvalue weighted by Crippen LogP contribution is -2.56.